The molecule has 1 fully saturated rings. The van der Waals surface area contributed by atoms with Crippen LogP contribution in [0, 0.1) is 0 Å². The van der Waals surface area contributed by atoms with Gasteiger partial charge in [-0.25, -0.2) is 4.79 Å². The number of hydrogen-bond donors (Lipinski definition) is 1. The van der Waals surface area contributed by atoms with E-state index < -0.39 is 23.7 Å². The molecule has 30 heavy (non-hydrogen) atoms. The molecule has 0 bridgehead atoms. The number of hydrogen-bond acceptors (Lipinski definition) is 6. The standard InChI is InChI=1S/C20H15Cl2NO6S/c1-28-15-4-2-3-12(18(15)29-10-17(24)25)8-16-19(26)23(20(27)30-16)9-11-5-6-13(21)14(22)7-11/h2-8H,9-10H2,1H3,(H,24,25)/b16-8+. The molecule has 1 aliphatic rings. The molecule has 0 aliphatic carbocycles. The third-order valence-electron chi connectivity index (χ3n) is 4.05. The van der Waals surface area contributed by atoms with Crippen molar-refractivity contribution in [2.45, 2.75) is 6.54 Å². The van der Waals surface area contributed by atoms with E-state index in [0.29, 0.717) is 26.9 Å². The smallest absolute Gasteiger partial charge is 0.341 e. The largest absolute Gasteiger partial charge is 0.493 e. The second-order valence-corrected chi connectivity index (χ2v) is 7.88. The van der Waals surface area contributed by atoms with Gasteiger partial charge in [0.2, 0.25) is 0 Å². The van der Waals surface area contributed by atoms with Gasteiger partial charge in [0, 0.05) is 5.56 Å². The predicted molar refractivity (Wildman–Crippen MR) is 114 cm³/mol. The lowest BCUT2D eigenvalue weighted by Crippen LogP contribution is -2.27. The fraction of sp³-hybridized carbons (Fsp3) is 0.150. The van der Waals surface area contributed by atoms with Crippen LogP contribution in [0.25, 0.3) is 6.08 Å². The van der Waals surface area contributed by atoms with E-state index in [1.54, 1.807) is 36.4 Å². The van der Waals surface area contributed by atoms with E-state index in [-0.39, 0.29) is 17.2 Å². The summed E-state index contributed by atoms with van der Waals surface area (Å²) in [5.74, 6) is -1.17. The number of imide groups is 1. The number of ether oxygens (including phenoxy) is 2. The molecule has 156 valence electrons. The van der Waals surface area contributed by atoms with E-state index in [2.05, 4.69) is 0 Å². The van der Waals surface area contributed by atoms with Crippen LogP contribution in [0.2, 0.25) is 10.0 Å². The summed E-state index contributed by atoms with van der Waals surface area (Å²) in [5, 5.41) is 9.16. The van der Waals surface area contributed by atoms with E-state index in [1.807, 2.05) is 0 Å². The summed E-state index contributed by atoms with van der Waals surface area (Å²) in [6.07, 6.45) is 1.47. The Hall–Kier alpha value is -2.68. The molecular formula is C20H15Cl2NO6S. The van der Waals surface area contributed by atoms with Gasteiger partial charge in [-0.05, 0) is 41.6 Å². The number of carbonyl (C=O) groups is 3. The molecule has 10 heteroatoms. The average Bonchev–Trinajstić information content (AvgIpc) is 2.96. The van der Waals surface area contributed by atoms with Crippen molar-refractivity contribution < 1.29 is 29.0 Å². The molecular weight excluding hydrogens is 453 g/mol. The lowest BCUT2D eigenvalue weighted by molar-refractivity contribution is -0.139. The van der Waals surface area contributed by atoms with E-state index in [0.717, 1.165) is 16.7 Å². The molecule has 0 saturated carbocycles. The number of thioether (sulfide) groups is 1. The third-order valence-corrected chi connectivity index (χ3v) is 5.70. The first kappa shape index (κ1) is 22.0. The van der Waals surface area contributed by atoms with Crippen LogP contribution < -0.4 is 9.47 Å². The van der Waals surface area contributed by atoms with Gasteiger partial charge >= 0.3 is 5.97 Å². The van der Waals surface area contributed by atoms with Crippen LogP contribution in [0.5, 0.6) is 11.5 Å². The van der Waals surface area contributed by atoms with Crippen molar-refractivity contribution in [3.8, 4) is 11.5 Å². The van der Waals surface area contributed by atoms with Crippen LogP contribution in [0.15, 0.2) is 41.3 Å². The van der Waals surface area contributed by atoms with E-state index >= 15 is 0 Å². The highest BCUT2D eigenvalue weighted by molar-refractivity contribution is 8.18. The zero-order chi connectivity index (χ0) is 21.8. The molecule has 2 aromatic carbocycles. The Kier molecular flexibility index (Phi) is 6.91. The van der Waals surface area contributed by atoms with Crippen LogP contribution in [0.4, 0.5) is 4.79 Å². The lowest BCUT2D eigenvalue weighted by atomic mass is 10.1. The molecule has 1 N–H and O–H groups in total. The quantitative estimate of drug-likeness (QED) is 0.589. The molecule has 0 aromatic heterocycles. The number of carboxylic acid groups (broad SMARTS) is 1. The molecule has 2 aromatic rings. The predicted octanol–water partition coefficient (Wildman–Crippen LogP) is 4.70. The maximum atomic E-state index is 12.8. The van der Waals surface area contributed by atoms with Crippen LogP contribution in [-0.4, -0.2) is 40.8 Å². The van der Waals surface area contributed by atoms with Crippen molar-refractivity contribution in [1.82, 2.24) is 4.90 Å². The Morgan fingerprint density at radius 3 is 2.63 bits per heavy atom. The summed E-state index contributed by atoms with van der Waals surface area (Å²) in [6, 6.07) is 9.77. The maximum Gasteiger partial charge on any atom is 0.341 e. The molecule has 0 radical (unpaired) electrons. The maximum absolute atomic E-state index is 12.8. The Morgan fingerprint density at radius 1 is 1.20 bits per heavy atom. The van der Waals surface area contributed by atoms with Crippen molar-refractivity contribution in [2.24, 2.45) is 0 Å². The monoisotopic (exact) mass is 467 g/mol. The highest BCUT2D eigenvalue weighted by Crippen LogP contribution is 2.38. The van der Waals surface area contributed by atoms with Crippen molar-refractivity contribution in [3.63, 3.8) is 0 Å². The Morgan fingerprint density at radius 2 is 1.97 bits per heavy atom. The van der Waals surface area contributed by atoms with Crippen molar-refractivity contribution in [1.29, 1.82) is 0 Å². The van der Waals surface area contributed by atoms with E-state index in [4.69, 9.17) is 37.8 Å². The lowest BCUT2D eigenvalue weighted by Gasteiger charge is -2.13. The minimum Gasteiger partial charge on any atom is -0.493 e. The minimum atomic E-state index is -1.16. The van der Waals surface area contributed by atoms with Gasteiger partial charge in [-0.3, -0.25) is 14.5 Å². The zero-order valence-electron chi connectivity index (χ0n) is 15.6. The first-order valence-corrected chi connectivity index (χ1v) is 10.1. The number of methoxy groups -OCH3 is 1. The van der Waals surface area contributed by atoms with Crippen LogP contribution >= 0.6 is 35.0 Å². The number of amides is 2. The topological polar surface area (TPSA) is 93.1 Å². The molecule has 1 saturated heterocycles. The number of carbonyl (C=O) groups excluding carboxylic acids is 2. The summed E-state index contributed by atoms with van der Waals surface area (Å²) >= 11 is 12.7. The van der Waals surface area contributed by atoms with Crippen LogP contribution in [0.3, 0.4) is 0 Å². The minimum absolute atomic E-state index is 0.0410. The molecule has 0 atom stereocenters. The van der Waals surface area contributed by atoms with E-state index in [1.165, 1.54) is 13.2 Å². The van der Waals surface area contributed by atoms with Gasteiger partial charge in [0.25, 0.3) is 11.1 Å². The zero-order valence-corrected chi connectivity index (χ0v) is 17.9. The first-order chi connectivity index (χ1) is 14.3. The first-order valence-electron chi connectivity index (χ1n) is 8.51. The SMILES string of the molecule is COc1cccc(/C=C2/SC(=O)N(Cc3ccc(Cl)c(Cl)c3)C2=O)c1OCC(=O)O. The van der Waals surface area contributed by atoms with Gasteiger partial charge in [0.1, 0.15) is 0 Å². The van der Waals surface area contributed by atoms with Crippen LogP contribution in [0.1, 0.15) is 11.1 Å². The van der Waals surface area contributed by atoms with Gasteiger partial charge in [-0.2, -0.15) is 0 Å². The third kappa shape index (κ3) is 4.89. The molecule has 1 aliphatic heterocycles. The van der Waals surface area contributed by atoms with Gasteiger partial charge in [0.05, 0.1) is 28.6 Å². The second-order valence-electron chi connectivity index (χ2n) is 6.08. The number of aliphatic carboxylic acids is 1. The fourth-order valence-electron chi connectivity index (χ4n) is 2.69. The molecule has 0 spiro atoms. The number of nitrogens with zero attached hydrogens (tertiary/aromatic N) is 1. The molecule has 7 nitrogen and oxygen atoms in total. The summed E-state index contributed by atoms with van der Waals surface area (Å²) in [6.45, 7) is -0.542. The highest BCUT2D eigenvalue weighted by Gasteiger charge is 2.35. The Labute approximate surface area is 186 Å². The fourth-order valence-corrected chi connectivity index (χ4v) is 3.84. The van der Waals surface area contributed by atoms with Crippen LogP contribution in [-0.2, 0) is 16.1 Å². The van der Waals surface area contributed by atoms with Crippen molar-refractivity contribution in [3.05, 3.63) is 62.5 Å². The van der Waals surface area contributed by atoms with Gasteiger partial charge in [-0.1, -0.05) is 41.4 Å². The number of halogens is 2. The summed E-state index contributed by atoms with van der Waals surface area (Å²) in [4.78, 5) is 37.3. The summed E-state index contributed by atoms with van der Waals surface area (Å²) in [5.41, 5.74) is 1.07. The number of rotatable bonds is 7. The molecule has 0 unspecified atom stereocenters. The molecule has 3 rings (SSSR count). The Bertz CT molecular complexity index is 1060. The summed E-state index contributed by atoms with van der Waals surface area (Å²) in [7, 11) is 1.41. The Balaban J connectivity index is 1.88. The average molecular weight is 468 g/mol. The van der Waals surface area contributed by atoms with Crippen molar-refractivity contribution >= 4 is 58.2 Å². The van der Waals surface area contributed by atoms with Crippen molar-refractivity contribution in [2.75, 3.05) is 13.7 Å². The van der Waals surface area contributed by atoms with Gasteiger partial charge in [0.15, 0.2) is 18.1 Å². The summed E-state index contributed by atoms with van der Waals surface area (Å²) < 4.78 is 10.5. The highest BCUT2D eigenvalue weighted by atomic mass is 35.5. The second kappa shape index (κ2) is 9.42. The van der Waals surface area contributed by atoms with Gasteiger partial charge in [-0.15, -0.1) is 0 Å². The number of carboxylic acids is 1. The molecule has 1 heterocycles. The number of benzene rings is 2. The van der Waals surface area contributed by atoms with Gasteiger partial charge < -0.3 is 14.6 Å². The normalized spacial score (nSPS) is 15.0. The molecule has 2 amide bonds. The van der Waals surface area contributed by atoms with E-state index in [9.17, 15) is 14.4 Å². The number of para-hydroxylation sites is 1.